The maximum Gasteiger partial charge on any atom is 0.143 e. The van der Waals surface area contributed by atoms with Gasteiger partial charge in [0.1, 0.15) is 11.6 Å². The second kappa shape index (κ2) is 6.65. The van der Waals surface area contributed by atoms with Crippen molar-refractivity contribution in [3.63, 3.8) is 0 Å². The average Bonchev–Trinajstić information content (AvgIpc) is 2.86. The van der Waals surface area contributed by atoms with E-state index in [9.17, 15) is 0 Å². The molecule has 19 heavy (non-hydrogen) atoms. The van der Waals surface area contributed by atoms with Gasteiger partial charge in [0.15, 0.2) is 0 Å². The highest BCUT2D eigenvalue weighted by molar-refractivity contribution is 14.1. The zero-order valence-electron chi connectivity index (χ0n) is 11.4. The standard InChI is InChI=1S/C14H18IN3S/c1-4-16-14-12(15)13(9(2)3)17-11(18-14)8-10-6-5-7-19-10/h5-7,9H,4,8H2,1-3H3,(H,16,17,18). The lowest BCUT2D eigenvalue weighted by Gasteiger charge is -2.14. The van der Waals surface area contributed by atoms with Crippen molar-refractivity contribution in [2.45, 2.75) is 33.1 Å². The van der Waals surface area contributed by atoms with Crippen LogP contribution in [0.4, 0.5) is 5.82 Å². The van der Waals surface area contributed by atoms with Crippen molar-refractivity contribution < 1.29 is 0 Å². The minimum Gasteiger partial charge on any atom is -0.369 e. The van der Waals surface area contributed by atoms with E-state index >= 15 is 0 Å². The third kappa shape index (κ3) is 3.66. The summed E-state index contributed by atoms with van der Waals surface area (Å²) in [4.78, 5) is 10.7. The van der Waals surface area contributed by atoms with Gasteiger partial charge in [0, 0.05) is 17.8 Å². The van der Waals surface area contributed by atoms with Crippen LogP contribution >= 0.6 is 33.9 Å². The monoisotopic (exact) mass is 387 g/mol. The summed E-state index contributed by atoms with van der Waals surface area (Å²) in [5.74, 6) is 2.28. The smallest absolute Gasteiger partial charge is 0.143 e. The molecule has 5 heteroatoms. The topological polar surface area (TPSA) is 37.8 Å². The Hall–Kier alpha value is -0.690. The number of aromatic nitrogens is 2. The molecule has 2 aromatic rings. The Kier molecular flexibility index (Phi) is 5.15. The van der Waals surface area contributed by atoms with E-state index in [0.29, 0.717) is 5.92 Å². The van der Waals surface area contributed by atoms with Crippen LogP contribution in [0.2, 0.25) is 0 Å². The number of hydrogen-bond acceptors (Lipinski definition) is 4. The molecule has 2 aromatic heterocycles. The molecule has 0 aliphatic heterocycles. The minimum absolute atomic E-state index is 0.411. The highest BCUT2D eigenvalue weighted by atomic mass is 127. The molecular formula is C14H18IN3S. The SMILES string of the molecule is CCNc1nc(Cc2cccs2)nc(C(C)C)c1I. The lowest BCUT2D eigenvalue weighted by Crippen LogP contribution is -2.10. The molecule has 2 rings (SSSR count). The van der Waals surface area contributed by atoms with Crippen LogP contribution in [-0.2, 0) is 6.42 Å². The number of nitrogens with zero attached hydrogens (tertiary/aromatic N) is 2. The molecule has 0 saturated heterocycles. The van der Waals surface area contributed by atoms with Crippen molar-refractivity contribution in [3.05, 3.63) is 37.5 Å². The molecule has 0 radical (unpaired) electrons. The summed E-state index contributed by atoms with van der Waals surface area (Å²) in [6.07, 6.45) is 0.812. The Morgan fingerprint density at radius 1 is 1.37 bits per heavy atom. The lowest BCUT2D eigenvalue weighted by atomic mass is 10.1. The number of rotatable bonds is 5. The lowest BCUT2D eigenvalue weighted by molar-refractivity contribution is 0.784. The second-order valence-corrected chi connectivity index (χ2v) is 6.74. The first-order valence-electron chi connectivity index (χ1n) is 6.44. The Bertz CT molecular complexity index is 538. The Balaban J connectivity index is 2.37. The van der Waals surface area contributed by atoms with Gasteiger partial charge in [-0.05, 0) is 46.9 Å². The number of hydrogen-bond donors (Lipinski definition) is 1. The fraction of sp³-hybridized carbons (Fsp3) is 0.429. The molecule has 0 fully saturated rings. The predicted octanol–water partition coefficient (Wildman–Crippen LogP) is 4.29. The summed E-state index contributed by atoms with van der Waals surface area (Å²) in [7, 11) is 0. The van der Waals surface area contributed by atoms with Crippen LogP contribution in [-0.4, -0.2) is 16.5 Å². The van der Waals surface area contributed by atoms with Crippen LogP contribution in [0.5, 0.6) is 0 Å². The van der Waals surface area contributed by atoms with Crippen molar-refractivity contribution in [1.82, 2.24) is 9.97 Å². The van der Waals surface area contributed by atoms with E-state index in [-0.39, 0.29) is 0 Å². The van der Waals surface area contributed by atoms with Gasteiger partial charge in [-0.2, -0.15) is 0 Å². The van der Waals surface area contributed by atoms with Crippen molar-refractivity contribution >= 4 is 39.7 Å². The van der Waals surface area contributed by atoms with Gasteiger partial charge in [0.05, 0.1) is 9.26 Å². The summed E-state index contributed by atoms with van der Waals surface area (Å²) in [5, 5.41) is 5.43. The normalized spacial score (nSPS) is 11.0. The average molecular weight is 387 g/mol. The van der Waals surface area contributed by atoms with Crippen LogP contribution in [0.15, 0.2) is 17.5 Å². The second-order valence-electron chi connectivity index (χ2n) is 4.63. The minimum atomic E-state index is 0.411. The number of halogens is 1. The van der Waals surface area contributed by atoms with Gasteiger partial charge in [-0.25, -0.2) is 9.97 Å². The maximum atomic E-state index is 4.74. The molecule has 0 aliphatic carbocycles. The molecule has 0 aromatic carbocycles. The summed E-state index contributed by atoms with van der Waals surface area (Å²) < 4.78 is 1.14. The zero-order chi connectivity index (χ0) is 13.8. The van der Waals surface area contributed by atoms with Crippen molar-refractivity contribution in [2.75, 3.05) is 11.9 Å². The summed E-state index contributed by atoms with van der Waals surface area (Å²) in [6, 6.07) is 4.20. The molecule has 1 N–H and O–H groups in total. The van der Waals surface area contributed by atoms with E-state index in [4.69, 9.17) is 4.98 Å². The zero-order valence-corrected chi connectivity index (χ0v) is 14.4. The molecule has 0 unspecified atom stereocenters. The Labute approximate surface area is 132 Å². The maximum absolute atomic E-state index is 4.74. The molecule has 0 saturated carbocycles. The van der Waals surface area contributed by atoms with Gasteiger partial charge in [-0.15, -0.1) is 11.3 Å². The van der Waals surface area contributed by atoms with Crippen molar-refractivity contribution in [2.24, 2.45) is 0 Å². The molecule has 0 atom stereocenters. The molecule has 0 bridgehead atoms. The van der Waals surface area contributed by atoms with E-state index < -0.39 is 0 Å². The summed E-state index contributed by atoms with van der Waals surface area (Å²) in [5.41, 5.74) is 1.14. The molecule has 2 heterocycles. The van der Waals surface area contributed by atoms with Gasteiger partial charge in [0.2, 0.25) is 0 Å². The first-order chi connectivity index (χ1) is 9.11. The van der Waals surface area contributed by atoms with Crippen LogP contribution < -0.4 is 5.32 Å². The molecule has 0 amide bonds. The molecule has 0 aliphatic rings. The molecular weight excluding hydrogens is 369 g/mol. The van der Waals surface area contributed by atoms with Gasteiger partial charge in [-0.1, -0.05) is 19.9 Å². The molecule has 0 spiro atoms. The molecule has 3 nitrogen and oxygen atoms in total. The summed E-state index contributed by atoms with van der Waals surface area (Å²) >= 11 is 4.09. The largest absolute Gasteiger partial charge is 0.369 e. The number of thiophene rings is 1. The first-order valence-corrected chi connectivity index (χ1v) is 8.40. The van der Waals surface area contributed by atoms with Crippen LogP contribution in [0.25, 0.3) is 0 Å². The van der Waals surface area contributed by atoms with E-state index in [0.717, 1.165) is 33.9 Å². The predicted molar refractivity (Wildman–Crippen MR) is 90.1 cm³/mol. The highest BCUT2D eigenvalue weighted by Gasteiger charge is 2.14. The fourth-order valence-corrected chi connectivity index (χ4v) is 3.58. The van der Waals surface area contributed by atoms with Gasteiger partial charge in [0.25, 0.3) is 0 Å². The van der Waals surface area contributed by atoms with Crippen LogP contribution in [0.3, 0.4) is 0 Å². The number of anilines is 1. The quantitative estimate of drug-likeness (QED) is 0.778. The number of nitrogens with one attached hydrogen (secondary N) is 1. The van der Waals surface area contributed by atoms with Crippen LogP contribution in [0.1, 0.15) is 43.1 Å². The molecule has 102 valence electrons. The highest BCUT2D eigenvalue weighted by Crippen LogP contribution is 2.26. The third-order valence-corrected chi connectivity index (χ3v) is 4.67. The van der Waals surface area contributed by atoms with E-state index in [1.54, 1.807) is 11.3 Å². The van der Waals surface area contributed by atoms with E-state index in [1.807, 2.05) is 0 Å². The van der Waals surface area contributed by atoms with Crippen molar-refractivity contribution in [3.8, 4) is 0 Å². The van der Waals surface area contributed by atoms with E-state index in [2.05, 4.69) is 71.2 Å². The Morgan fingerprint density at radius 2 is 2.16 bits per heavy atom. The fourth-order valence-electron chi connectivity index (χ4n) is 1.83. The van der Waals surface area contributed by atoms with E-state index in [1.165, 1.54) is 4.88 Å². The Morgan fingerprint density at radius 3 is 2.74 bits per heavy atom. The van der Waals surface area contributed by atoms with Crippen LogP contribution in [0, 0.1) is 3.57 Å². The van der Waals surface area contributed by atoms with Gasteiger partial charge in [-0.3, -0.25) is 0 Å². The van der Waals surface area contributed by atoms with Crippen molar-refractivity contribution in [1.29, 1.82) is 0 Å². The van der Waals surface area contributed by atoms with Gasteiger partial charge < -0.3 is 5.32 Å². The summed E-state index contributed by atoms with van der Waals surface area (Å²) in [6.45, 7) is 7.32. The van der Waals surface area contributed by atoms with Gasteiger partial charge >= 0.3 is 0 Å². The third-order valence-electron chi connectivity index (χ3n) is 2.73. The first kappa shape index (κ1) is 14.7.